The van der Waals surface area contributed by atoms with Gasteiger partial charge in [0.2, 0.25) is 0 Å². The van der Waals surface area contributed by atoms with Gasteiger partial charge in [0.25, 0.3) is 0 Å². The second-order valence-electron chi connectivity index (χ2n) is 7.91. The average Bonchev–Trinajstić information content (AvgIpc) is 2.95. The predicted molar refractivity (Wildman–Crippen MR) is 83.7 cm³/mol. The first-order chi connectivity index (χ1) is 10.7. The summed E-state index contributed by atoms with van der Waals surface area (Å²) < 4.78 is 0. The third-order valence-electron chi connectivity index (χ3n) is 6.67. The number of nitrogens with one attached hydrogen (secondary N) is 1. The maximum atomic E-state index is 13.4. The molecule has 114 valence electrons. The quantitative estimate of drug-likeness (QED) is 0.911. The van der Waals surface area contributed by atoms with Gasteiger partial charge in [0.15, 0.2) is 0 Å². The lowest BCUT2D eigenvalue weighted by atomic mass is 9.47. The van der Waals surface area contributed by atoms with Gasteiger partial charge in [-0.1, -0.05) is 18.2 Å². The summed E-state index contributed by atoms with van der Waals surface area (Å²) >= 11 is 0. The Hall–Kier alpha value is -1.64. The van der Waals surface area contributed by atoms with E-state index in [1.54, 1.807) is 0 Å². The van der Waals surface area contributed by atoms with Crippen LogP contribution in [-0.2, 0) is 9.59 Å². The molecule has 0 saturated heterocycles. The molecule has 1 aliphatic heterocycles. The molecular weight excluding hydrogens is 274 g/mol. The zero-order chi connectivity index (χ0) is 14.9. The maximum absolute atomic E-state index is 13.4. The van der Waals surface area contributed by atoms with E-state index in [-0.39, 0.29) is 23.2 Å². The number of rotatable bonds is 2. The summed E-state index contributed by atoms with van der Waals surface area (Å²) in [4.78, 5) is 25.8. The molecule has 0 spiro atoms. The Morgan fingerprint density at radius 3 is 2.59 bits per heavy atom. The Kier molecular flexibility index (Phi) is 2.46. The van der Waals surface area contributed by atoms with Gasteiger partial charge in [0.05, 0.1) is 5.92 Å². The van der Waals surface area contributed by atoms with Crippen LogP contribution in [0.4, 0.5) is 5.69 Å². The molecule has 0 amide bonds. The van der Waals surface area contributed by atoms with E-state index in [2.05, 4.69) is 17.4 Å². The largest absolute Gasteiger partial charge is 0.384 e. The number of carbonyl (C=O) groups excluding carboxylic acids is 2. The molecule has 1 N–H and O–H groups in total. The van der Waals surface area contributed by atoms with Gasteiger partial charge < -0.3 is 5.32 Å². The van der Waals surface area contributed by atoms with Crippen molar-refractivity contribution in [3.63, 3.8) is 0 Å². The zero-order valence-corrected chi connectivity index (χ0v) is 12.7. The van der Waals surface area contributed by atoms with E-state index in [0.717, 1.165) is 49.9 Å². The molecule has 0 aromatic heterocycles. The molecule has 5 aliphatic rings. The molecule has 4 aliphatic carbocycles. The van der Waals surface area contributed by atoms with Crippen molar-refractivity contribution in [2.45, 2.75) is 38.0 Å². The fourth-order valence-electron chi connectivity index (χ4n) is 5.94. The predicted octanol–water partition coefficient (Wildman–Crippen LogP) is 3.16. The topological polar surface area (TPSA) is 46.2 Å². The van der Waals surface area contributed by atoms with Crippen molar-refractivity contribution in [2.24, 2.45) is 23.2 Å². The summed E-state index contributed by atoms with van der Waals surface area (Å²) in [5, 5.41) is 3.38. The highest BCUT2D eigenvalue weighted by atomic mass is 16.1. The molecule has 1 aromatic rings. The summed E-state index contributed by atoms with van der Waals surface area (Å²) in [5.74, 6) is 1.84. The van der Waals surface area contributed by atoms with Crippen LogP contribution in [0.2, 0.25) is 0 Å². The Morgan fingerprint density at radius 1 is 1.09 bits per heavy atom. The van der Waals surface area contributed by atoms with Crippen LogP contribution in [0.1, 0.15) is 43.6 Å². The van der Waals surface area contributed by atoms with Gasteiger partial charge in [-0.2, -0.15) is 0 Å². The van der Waals surface area contributed by atoms with Gasteiger partial charge in [-0.15, -0.1) is 0 Å². The number of Topliss-reactive ketones (excluding diaryl/α,β-unsaturated/α-hetero) is 2. The average molecular weight is 295 g/mol. The van der Waals surface area contributed by atoms with E-state index in [0.29, 0.717) is 17.5 Å². The van der Waals surface area contributed by atoms with Gasteiger partial charge in [0.1, 0.15) is 11.6 Å². The molecule has 3 atom stereocenters. The number of fused-ring (bicyclic) bond motifs is 1. The van der Waals surface area contributed by atoms with E-state index in [1.165, 1.54) is 0 Å². The van der Waals surface area contributed by atoms with Crippen LogP contribution < -0.4 is 5.32 Å². The van der Waals surface area contributed by atoms with Crippen LogP contribution in [0.25, 0.3) is 0 Å². The van der Waals surface area contributed by atoms with E-state index in [1.807, 2.05) is 12.1 Å². The first kappa shape index (κ1) is 12.9. The van der Waals surface area contributed by atoms with E-state index in [4.69, 9.17) is 0 Å². The number of hydrogen-bond acceptors (Lipinski definition) is 3. The number of para-hydroxylation sites is 1. The Balaban J connectivity index is 1.51. The molecule has 3 heteroatoms. The van der Waals surface area contributed by atoms with Gasteiger partial charge in [-0.3, -0.25) is 9.59 Å². The number of ketones is 2. The minimum atomic E-state index is -0.200. The molecule has 1 heterocycles. The molecule has 22 heavy (non-hydrogen) atoms. The molecule has 3 unspecified atom stereocenters. The van der Waals surface area contributed by atoms with Crippen LogP contribution in [0, 0.1) is 23.2 Å². The highest BCUT2D eigenvalue weighted by Crippen LogP contribution is 2.60. The van der Waals surface area contributed by atoms with Crippen LogP contribution >= 0.6 is 0 Å². The zero-order valence-electron chi connectivity index (χ0n) is 12.7. The normalized spacial score (nSPS) is 41.4. The maximum Gasteiger partial charge on any atom is 0.148 e. The minimum Gasteiger partial charge on any atom is -0.384 e. The van der Waals surface area contributed by atoms with Crippen molar-refractivity contribution in [3.8, 4) is 0 Å². The Labute approximate surface area is 130 Å². The van der Waals surface area contributed by atoms with Crippen LogP contribution in [0.5, 0.6) is 0 Å². The van der Waals surface area contributed by atoms with Gasteiger partial charge >= 0.3 is 0 Å². The first-order valence-electron chi connectivity index (χ1n) is 8.57. The highest BCUT2D eigenvalue weighted by Gasteiger charge is 2.59. The number of hydrogen-bond donors (Lipinski definition) is 1. The molecule has 4 fully saturated rings. The first-order valence-corrected chi connectivity index (χ1v) is 8.57. The molecule has 4 saturated carbocycles. The van der Waals surface area contributed by atoms with Crippen LogP contribution in [0.3, 0.4) is 0 Å². The fraction of sp³-hybridized carbons (Fsp3) is 0.579. The summed E-state index contributed by atoms with van der Waals surface area (Å²) in [7, 11) is 0. The number of benzene rings is 1. The van der Waals surface area contributed by atoms with Crippen molar-refractivity contribution in [2.75, 3.05) is 11.9 Å². The van der Waals surface area contributed by atoms with Crippen LogP contribution in [-0.4, -0.2) is 18.1 Å². The molecule has 0 radical (unpaired) electrons. The fourth-order valence-corrected chi connectivity index (χ4v) is 5.94. The number of carbonyl (C=O) groups is 2. The second kappa shape index (κ2) is 4.21. The summed E-state index contributed by atoms with van der Waals surface area (Å²) in [6.07, 6.45) is 4.78. The van der Waals surface area contributed by atoms with Crippen molar-refractivity contribution >= 4 is 17.3 Å². The molecule has 1 aromatic carbocycles. The third-order valence-corrected chi connectivity index (χ3v) is 6.67. The summed E-state index contributed by atoms with van der Waals surface area (Å²) in [6.45, 7) is 0.730. The molecule has 3 nitrogen and oxygen atoms in total. The van der Waals surface area contributed by atoms with Crippen molar-refractivity contribution < 1.29 is 9.59 Å². The van der Waals surface area contributed by atoms with E-state index in [9.17, 15) is 9.59 Å². The Morgan fingerprint density at radius 2 is 1.82 bits per heavy atom. The molecule has 4 bridgehead atoms. The standard InChI is InChI=1S/C19H21NO2/c21-17-12-5-11-6-13(17)9-19(7-11,8-12)18(22)15-10-20-16-4-2-1-3-14(15)16/h1-4,11-13,15,20H,5-10H2. The van der Waals surface area contributed by atoms with E-state index < -0.39 is 0 Å². The third kappa shape index (κ3) is 1.57. The SMILES string of the molecule is O=C1C2CC3CC1CC(C(=O)C1CNc4ccccc41)(C3)C2. The molecule has 6 rings (SSSR count). The lowest BCUT2D eigenvalue weighted by Gasteiger charge is -2.55. The van der Waals surface area contributed by atoms with Crippen LogP contribution in [0.15, 0.2) is 24.3 Å². The van der Waals surface area contributed by atoms with Gasteiger partial charge in [-0.05, 0) is 49.7 Å². The van der Waals surface area contributed by atoms with Gasteiger partial charge in [-0.25, -0.2) is 0 Å². The smallest absolute Gasteiger partial charge is 0.148 e. The molecular formula is C19H21NO2. The Bertz CT molecular complexity index is 662. The van der Waals surface area contributed by atoms with Gasteiger partial charge in [0, 0.05) is 29.5 Å². The monoisotopic (exact) mass is 295 g/mol. The number of anilines is 1. The van der Waals surface area contributed by atoms with Crippen molar-refractivity contribution in [3.05, 3.63) is 29.8 Å². The second-order valence-corrected chi connectivity index (χ2v) is 7.91. The minimum absolute atomic E-state index is 0.0115. The summed E-state index contributed by atoms with van der Waals surface area (Å²) in [6, 6.07) is 8.19. The van der Waals surface area contributed by atoms with Crippen molar-refractivity contribution in [1.82, 2.24) is 0 Å². The highest BCUT2D eigenvalue weighted by molar-refractivity contribution is 5.97. The van der Waals surface area contributed by atoms with E-state index >= 15 is 0 Å². The van der Waals surface area contributed by atoms with Crippen molar-refractivity contribution in [1.29, 1.82) is 0 Å². The summed E-state index contributed by atoms with van der Waals surface area (Å²) in [5.41, 5.74) is 2.07. The lowest BCUT2D eigenvalue weighted by Crippen LogP contribution is -2.55. The lowest BCUT2D eigenvalue weighted by molar-refractivity contribution is -0.156.